The number of hydrogen-bond acceptors (Lipinski definition) is 3. The number of rotatable bonds is 9. The lowest BCUT2D eigenvalue weighted by Gasteiger charge is -2.38. The van der Waals surface area contributed by atoms with Crippen LogP contribution in [0.15, 0.2) is 59.2 Å². The second-order valence-electron chi connectivity index (χ2n) is 9.15. The van der Waals surface area contributed by atoms with E-state index in [1.165, 1.54) is 22.3 Å². The third kappa shape index (κ3) is 6.41. The van der Waals surface area contributed by atoms with Gasteiger partial charge in [-0.25, -0.2) is 5.01 Å². The minimum Gasteiger partial charge on any atom is -0.314 e. The molecule has 168 valence electrons. The number of hydrazine groups is 1. The van der Waals surface area contributed by atoms with E-state index < -0.39 is 0 Å². The zero-order valence-corrected chi connectivity index (χ0v) is 19.8. The monoisotopic (exact) mass is 421 g/mol. The molecule has 0 bridgehead atoms. The summed E-state index contributed by atoms with van der Waals surface area (Å²) in [5.41, 5.74) is 6.32. The maximum atomic E-state index is 13.2. The molecule has 2 heterocycles. The van der Waals surface area contributed by atoms with E-state index in [1.807, 2.05) is 17.1 Å². The van der Waals surface area contributed by atoms with Crippen molar-refractivity contribution in [3.63, 3.8) is 0 Å². The van der Waals surface area contributed by atoms with Gasteiger partial charge in [0.05, 0.1) is 6.04 Å². The summed E-state index contributed by atoms with van der Waals surface area (Å²) in [5, 5.41) is 7.66. The molecule has 1 unspecified atom stereocenters. The van der Waals surface area contributed by atoms with E-state index in [0.717, 1.165) is 63.8 Å². The minimum absolute atomic E-state index is 0.109. The lowest BCUT2D eigenvalue weighted by Crippen LogP contribution is -2.53. The molecule has 1 amide bonds. The topological polar surface area (TPSA) is 35.6 Å². The van der Waals surface area contributed by atoms with Gasteiger partial charge in [0.15, 0.2) is 0 Å². The Balaban J connectivity index is 1.61. The number of carbonyl (C=O) groups excluding carboxylic acids is 1. The third-order valence-corrected chi connectivity index (χ3v) is 6.26. The summed E-state index contributed by atoms with van der Waals surface area (Å²) in [7, 11) is 0. The quantitative estimate of drug-likeness (QED) is 0.511. The Kier molecular flexibility index (Phi) is 8.68. The smallest absolute Gasteiger partial charge is 0.269 e. The van der Waals surface area contributed by atoms with Crippen LogP contribution in [0.1, 0.15) is 81.8 Å². The van der Waals surface area contributed by atoms with Crippen LogP contribution in [0.5, 0.6) is 0 Å². The van der Waals surface area contributed by atoms with Crippen molar-refractivity contribution in [3.8, 4) is 0 Å². The standard InChI is InChI=1S/C27H39N3O/c1-21(2)9-7-10-22(3)11-8-12-23(4)15-16-26-24-13-5-6-14-25(24)27(31)30(26)29-19-17-28-18-20-29/h5-6,9,11,13-15,26,28H,7-8,10,12,16-20H2,1-4H3/b22-11?,23-15+. The fourth-order valence-electron chi connectivity index (χ4n) is 4.45. The number of nitrogens with one attached hydrogen (secondary N) is 1. The predicted octanol–water partition coefficient (Wildman–Crippen LogP) is 5.81. The van der Waals surface area contributed by atoms with Crippen molar-refractivity contribution in [1.82, 2.24) is 15.3 Å². The molecule has 2 aliphatic rings. The highest BCUT2D eigenvalue weighted by Crippen LogP contribution is 2.37. The molecule has 0 aliphatic carbocycles. The molecule has 0 radical (unpaired) electrons. The molecule has 1 N–H and O–H groups in total. The fraction of sp³-hybridized carbons (Fsp3) is 0.519. The Labute approximate surface area is 188 Å². The summed E-state index contributed by atoms with van der Waals surface area (Å²) < 4.78 is 0. The number of piperazine rings is 1. The van der Waals surface area contributed by atoms with Gasteiger partial charge in [-0.05, 0) is 71.4 Å². The normalized spacial score (nSPS) is 20.2. The molecular formula is C27H39N3O. The van der Waals surface area contributed by atoms with Crippen LogP contribution in [0, 0.1) is 0 Å². The van der Waals surface area contributed by atoms with E-state index in [0.29, 0.717) is 0 Å². The van der Waals surface area contributed by atoms with Gasteiger partial charge < -0.3 is 5.32 Å². The molecule has 1 saturated heterocycles. The van der Waals surface area contributed by atoms with E-state index in [1.54, 1.807) is 0 Å². The molecule has 0 saturated carbocycles. The first-order chi connectivity index (χ1) is 15.0. The Bertz CT molecular complexity index is 842. The van der Waals surface area contributed by atoms with Gasteiger partial charge in [-0.2, -0.15) is 0 Å². The summed E-state index contributed by atoms with van der Waals surface area (Å²) in [6.07, 6.45) is 12.4. The Morgan fingerprint density at radius 3 is 2.32 bits per heavy atom. The van der Waals surface area contributed by atoms with Crippen LogP contribution in [0.25, 0.3) is 0 Å². The Morgan fingerprint density at radius 1 is 0.968 bits per heavy atom. The SMILES string of the molecule is CC(C)=CCCC(C)=CCC/C(C)=C/CC1c2ccccc2C(=O)N1N1CCNCC1. The zero-order valence-electron chi connectivity index (χ0n) is 19.8. The number of amides is 1. The lowest BCUT2D eigenvalue weighted by molar-refractivity contribution is -0.0363. The van der Waals surface area contributed by atoms with Crippen LogP contribution in [0.2, 0.25) is 0 Å². The Morgan fingerprint density at radius 2 is 1.61 bits per heavy atom. The molecular weight excluding hydrogens is 382 g/mol. The van der Waals surface area contributed by atoms with E-state index in [-0.39, 0.29) is 11.9 Å². The molecule has 4 heteroatoms. The van der Waals surface area contributed by atoms with Gasteiger partial charge in [0.1, 0.15) is 0 Å². The van der Waals surface area contributed by atoms with Gasteiger partial charge in [0, 0.05) is 31.7 Å². The highest BCUT2D eigenvalue weighted by Gasteiger charge is 2.39. The molecule has 2 aliphatic heterocycles. The molecule has 1 fully saturated rings. The number of hydrogen-bond donors (Lipinski definition) is 1. The van der Waals surface area contributed by atoms with E-state index in [9.17, 15) is 4.79 Å². The van der Waals surface area contributed by atoms with Gasteiger partial charge in [0.2, 0.25) is 0 Å². The van der Waals surface area contributed by atoms with Crippen molar-refractivity contribution >= 4 is 5.91 Å². The number of benzene rings is 1. The molecule has 1 aromatic rings. The first-order valence-electron chi connectivity index (χ1n) is 11.8. The predicted molar refractivity (Wildman–Crippen MR) is 130 cm³/mol. The average Bonchev–Trinajstić information content (AvgIpc) is 3.04. The maximum absolute atomic E-state index is 13.2. The lowest BCUT2D eigenvalue weighted by atomic mass is 10.00. The van der Waals surface area contributed by atoms with Crippen molar-refractivity contribution in [2.45, 2.75) is 65.8 Å². The van der Waals surface area contributed by atoms with Crippen LogP contribution in [0.3, 0.4) is 0 Å². The Hall–Kier alpha value is -2.17. The number of allylic oxidation sites excluding steroid dienone is 5. The second kappa shape index (κ2) is 11.4. The number of carbonyl (C=O) groups is 1. The number of nitrogens with zero attached hydrogens (tertiary/aromatic N) is 2. The van der Waals surface area contributed by atoms with Crippen molar-refractivity contribution in [2.75, 3.05) is 26.2 Å². The van der Waals surface area contributed by atoms with Crippen LogP contribution in [0.4, 0.5) is 0 Å². The van der Waals surface area contributed by atoms with Crippen molar-refractivity contribution in [1.29, 1.82) is 0 Å². The minimum atomic E-state index is 0.109. The molecule has 4 nitrogen and oxygen atoms in total. The summed E-state index contributed by atoms with van der Waals surface area (Å²) in [6, 6.07) is 8.24. The van der Waals surface area contributed by atoms with E-state index in [4.69, 9.17) is 0 Å². The molecule has 31 heavy (non-hydrogen) atoms. The first-order valence-corrected chi connectivity index (χ1v) is 11.8. The van der Waals surface area contributed by atoms with Gasteiger partial charge in [-0.3, -0.25) is 9.80 Å². The van der Waals surface area contributed by atoms with Gasteiger partial charge >= 0.3 is 0 Å². The summed E-state index contributed by atoms with van der Waals surface area (Å²) in [5.74, 6) is 0.156. The molecule has 3 rings (SSSR count). The molecule has 0 aromatic heterocycles. The van der Waals surface area contributed by atoms with Crippen LogP contribution in [-0.2, 0) is 0 Å². The first kappa shape index (κ1) is 23.5. The van der Waals surface area contributed by atoms with Gasteiger partial charge in [-0.1, -0.05) is 53.1 Å². The van der Waals surface area contributed by atoms with Crippen molar-refractivity contribution < 1.29 is 4.79 Å². The largest absolute Gasteiger partial charge is 0.314 e. The molecule has 1 aromatic carbocycles. The number of fused-ring (bicyclic) bond motifs is 1. The van der Waals surface area contributed by atoms with Crippen LogP contribution >= 0.6 is 0 Å². The van der Waals surface area contributed by atoms with E-state index >= 15 is 0 Å². The fourth-order valence-corrected chi connectivity index (χ4v) is 4.45. The second-order valence-corrected chi connectivity index (χ2v) is 9.15. The van der Waals surface area contributed by atoms with Crippen molar-refractivity contribution in [3.05, 3.63) is 70.3 Å². The maximum Gasteiger partial charge on any atom is 0.269 e. The third-order valence-electron chi connectivity index (χ3n) is 6.26. The van der Waals surface area contributed by atoms with Crippen molar-refractivity contribution in [2.24, 2.45) is 0 Å². The van der Waals surface area contributed by atoms with Crippen LogP contribution < -0.4 is 5.32 Å². The zero-order chi connectivity index (χ0) is 22.2. The highest BCUT2D eigenvalue weighted by molar-refractivity contribution is 5.98. The summed E-state index contributed by atoms with van der Waals surface area (Å²) in [4.78, 5) is 13.2. The van der Waals surface area contributed by atoms with Gasteiger partial charge in [0.25, 0.3) is 5.91 Å². The van der Waals surface area contributed by atoms with Gasteiger partial charge in [-0.15, -0.1) is 0 Å². The van der Waals surface area contributed by atoms with Crippen LogP contribution in [-0.4, -0.2) is 42.1 Å². The molecule has 0 spiro atoms. The average molecular weight is 422 g/mol. The van der Waals surface area contributed by atoms with E-state index in [2.05, 4.69) is 68.4 Å². The highest BCUT2D eigenvalue weighted by atomic mass is 16.2. The summed E-state index contributed by atoms with van der Waals surface area (Å²) in [6.45, 7) is 12.4. The summed E-state index contributed by atoms with van der Waals surface area (Å²) >= 11 is 0. The molecule has 1 atom stereocenters.